The van der Waals surface area contributed by atoms with E-state index in [0.717, 1.165) is 29.3 Å². The number of terminal acetylenes is 2. The van der Waals surface area contributed by atoms with E-state index in [4.69, 9.17) is 36.9 Å². The first-order chi connectivity index (χ1) is 17.2. The summed E-state index contributed by atoms with van der Waals surface area (Å²) >= 11 is 3.36. The molecule has 2 aromatic rings. The monoisotopic (exact) mass is 540 g/mol. The average Bonchev–Trinajstić information content (AvgIpc) is 3.16. The summed E-state index contributed by atoms with van der Waals surface area (Å²) in [4.78, 5) is 0. The number of aliphatic hydroxyl groups is 1. The predicted molar refractivity (Wildman–Crippen MR) is 142 cm³/mol. The van der Waals surface area contributed by atoms with Crippen molar-refractivity contribution < 1.29 is 24.1 Å². The Morgan fingerprint density at radius 2 is 1.14 bits per heavy atom. The van der Waals surface area contributed by atoms with E-state index in [1.807, 2.05) is 12.1 Å². The Bertz CT molecular complexity index is 953. The second-order valence-corrected chi connectivity index (χ2v) is 9.05. The van der Waals surface area contributed by atoms with Crippen LogP contribution < -0.4 is 0 Å². The van der Waals surface area contributed by atoms with Crippen LogP contribution in [-0.4, -0.2) is 69.9 Å². The minimum absolute atomic E-state index is 0.00680. The molecule has 1 aliphatic carbocycles. The first-order valence-electron chi connectivity index (χ1n) is 11.9. The molecule has 3 rings (SSSR count). The third-order valence-electron chi connectivity index (χ3n) is 6.24. The van der Waals surface area contributed by atoms with Crippen molar-refractivity contribution in [3.05, 3.63) is 58.7 Å². The van der Waals surface area contributed by atoms with Crippen molar-refractivity contribution in [2.24, 2.45) is 0 Å². The summed E-state index contributed by atoms with van der Waals surface area (Å²) in [6.45, 7) is 4.10. The van der Waals surface area contributed by atoms with Gasteiger partial charge in [-0.15, -0.1) is 12.8 Å². The maximum Gasteiger partial charge on any atom is 0.0701 e. The Kier molecular flexibility index (Phi) is 11.3. The molecule has 2 aromatic carbocycles. The van der Waals surface area contributed by atoms with Crippen LogP contribution in [0.4, 0.5) is 0 Å². The summed E-state index contributed by atoms with van der Waals surface area (Å²) in [6, 6.07) is 12.4. The van der Waals surface area contributed by atoms with E-state index >= 15 is 0 Å². The Morgan fingerprint density at radius 3 is 1.57 bits per heavy atom. The summed E-state index contributed by atoms with van der Waals surface area (Å²) in [6.07, 6.45) is 13.0. The van der Waals surface area contributed by atoms with Gasteiger partial charge in [0, 0.05) is 35.1 Å². The fourth-order valence-electron chi connectivity index (χ4n) is 4.59. The first-order valence-corrected chi connectivity index (χ1v) is 13.0. The number of hydrogen-bond donors (Lipinski definition) is 1. The third-order valence-corrected chi connectivity index (χ3v) is 6.57. The van der Waals surface area contributed by atoms with Gasteiger partial charge < -0.3 is 24.1 Å². The molecule has 0 amide bonds. The molecule has 5 nitrogen and oxygen atoms in total. The molecule has 1 aliphatic rings. The molecule has 0 atom stereocenters. The lowest BCUT2D eigenvalue weighted by molar-refractivity contribution is 0.0251. The number of alkyl halides is 1. The maximum atomic E-state index is 8.87. The van der Waals surface area contributed by atoms with Crippen molar-refractivity contribution in [2.45, 2.75) is 18.3 Å². The van der Waals surface area contributed by atoms with Crippen LogP contribution in [0.3, 0.4) is 0 Å². The summed E-state index contributed by atoms with van der Waals surface area (Å²) in [5.41, 5.74) is 6.09. The van der Waals surface area contributed by atoms with Gasteiger partial charge in [-0.3, -0.25) is 0 Å². The van der Waals surface area contributed by atoms with E-state index in [1.54, 1.807) is 0 Å². The Morgan fingerprint density at radius 1 is 0.686 bits per heavy atom. The number of ether oxygens (including phenoxy) is 4. The van der Waals surface area contributed by atoms with Crippen molar-refractivity contribution in [2.75, 3.05) is 64.8 Å². The van der Waals surface area contributed by atoms with Gasteiger partial charge in [-0.1, -0.05) is 39.9 Å². The standard InChI is InChI=1S/C29H33BrO5/c1-3-23-5-7-25-26-8-6-24(4-2)22-28(26)29(27(25)21-23,9-13-32-17-19-34-15-11-30)10-14-33-18-20-35-16-12-31/h1-2,5-8,21-22,31H,9-20H2. The molecule has 0 saturated carbocycles. The Labute approximate surface area is 217 Å². The van der Waals surface area contributed by atoms with Crippen LogP contribution in [0.1, 0.15) is 35.1 Å². The molecule has 0 saturated heterocycles. The van der Waals surface area contributed by atoms with Crippen LogP contribution in [0.5, 0.6) is 0 Å². The highest BCUT2D eigenvalue weighted by Gasteiger charge is 2.43. The largest absolute Gasteiger partial charge is 0.394 e. The molecule has 0 spiro atoms. The number of aliphatic hydroxyl groups excluding tert-OH is 1. The number of benzene rings is 2. The van der Waals surface area contributed by atoms with Gasteiger partial charge in [0.2, 0.25) is 0 Å². The van der Waals surface area contributed by atoms with Crippen LogP contribution in [0.15, 0.2) is 36.4 Å². The summed E-state index contributed by atoms with van der Waals surface area (Å²) in [5.74, 6) is 5.57. The molecule has 0 unspecified atom stereocenters. The number of halogens is 1. The Hall–Kier alpha value is -2.16. The molecule has 0 bridgehead atoms. The molecule has 1 N–H and O–H groups in total. The van der Waals surface area contributed by atoms with E-state index in [0.29, 0.717) is 52.9 Å². The fraction of sp³-hybridized carbons (Fsp3) is 0.448. The van der Waals surface area contributed by atoms with E-state index in [1.165, 1.54) is 22.3 Å². The number of hydrogen-bond acceptors (Lipinski definition) is 5. The van der Waals surface area contributed by atoms with Gasteiger partial charge in [0.25, 0.3) is 0 Å². The summed E-state index contributed by atoms with van der Waals surface area (Å²) in [7, 11) is 0. The highest BCUT2D eigenvalue weighted by Crippen LogP contribution is 2.53. The van der Waals surface area contributed by atoms with Crippen molar-refractivity contribution in [3.8, 4) is 35.8 Å². The van der Waals surface area contributed by atoms with Crippen LogP contribution in [0.25, 0.3) is 11.1 Å². The second-order valence-electron chi connectivity index (χ2n) is 8.25. The summed E-state index contributed by atoms with van der Waals surface area (Å²) < 4.78 is 22.7. The molecule has 6 heteroatoms. The van der Waals surface area contributed by atoms with E-state index in [2.05, 4.69) is 52.0 Å². The van der Waals surface area contributed by atoms with Crippen molar-refractivity contribution in [1.29, 1.82) is 0 Å². The normalized spacial score (nSPS) is 13.1. The molecular weight excluding hydrogens is 508 g/mol. The third kappa shape index (κ3) is 6.96. The smallest absolute Gasteiger partial charge is 0.0701 e. The van der Waals surface area contributed by atoms with Gasteiger partial charge in [-0.05, 0) is 59.4 Å². The Balaban J connectivity index is 1.85. The molecule has 0 aromatic heterocycles. The first kappa shape index (κ1) is 27.4. The molecule has 0 radical (unpaired) electrons. The quantitative estimate of drug-likeness (QED) is 0.197. The SMILES string of the molecule is C#Cc1ccc2c(c1)C(CCOCCOCCO)(CCOCCOCCBr)c1cc(C#C)ccc1-2. The zero-order valence-corrected chi connectivity index (χ0v) is 21.6. The van der Waals surface area contributed by atoms with Gasteiger partial charge in [-0.2, -0.15) is 0 Å². The fourth-order valence-corrected chi connectivity index (χ4v) is 4.82. The molecule has 35 heavy (non-hydrogen) atoms. The second kappa shape index (κ2) is 14.4. The molecule has 0 fully saturated rings. The molecular formula is C29H33BrO5. The highest BCUT2D eigenvalue weighted by molar-refractivity contribution is 9.09. The van der Waals surface area contributed by atoms with Gasteiger partial charge in [-0.25, -0.2) is 0 Å². The minimum Gasteiger partial charge on any atom is -0.394 e. The number of fused-ring (bicyclic) bond motifs is 3. The van der Waals surface area contributed by atoms with E-state index in [9.17, 15) is 0 Å². The van der Waals surface area contributed by atoms with Gasteiger partial charge >= 0.3 is 0 Å². The molecule has 0 aliphatic heterocycles. The van der Waals surface area contributed by atoms with Crippen LogP contribution in [-0.2, 0) is 24.4 Å². The zero-order valence-electron chi connectivity index (χ0n) is 20.1. The van der Waals surface area contributed by atoms with Gasteiger partial charge in [0.1, 0.15) is 0 Å². The molecule has 0 heterocycles. The summed E-state index contributed by atoms with van der Waals surface area (Å²) in [5, 5.41) is 9.67. The van der Waals surface area contributed by atoms with Crippen molar-refractivity contribution in [3.63, 3.8) is 0 Å². The molecule has 186 valence electrons. The lowest BCUT2D eigenvalue weighted by atomic mass is 9.72. The predicted octanol–water partition coefficient (Wildman–Crippen LogP) is 4.15. The maximum absolute atomic E-state index is 8.87. The topological polar surface area (TPSA) is 57.2 Å². The highest BCUT2D eigenvalue weighted by atomic mass is 79.9. The lowest BCUT2D eigenvalue weighted by Gasteiger charge is -2.32. The van der Waals surface area contributed by atoms with E-state index < -0.39 is 0 Å². The van der Waals surface area contributed by atoms with Crippen molar-refractivity contribution >= 4 is 15.9 Å². The van der Waals surface area contributed by atoms with Gasteiger partial charge in [0.15, 0.2) is 0 Å². The zero-order chi connectivity index (χ0) is 24.9. The van der Waals surface area contributed by atoms with Crippen LogP contribution in [0, 0.1) is 24.7 Å². The number of rotatable bonds is 16. The van der Waals surface area contributed by atoms with Crippen LogP contribution >= 0.6 is 15.9 Å². The van der Waals surface area contributed by atoms with E-state index in [-0.39, 0.29) is 12.0 Å². The average molecular weight is 541 g/mol. The van der Waals surface area contributed by atoms with Crippen molar-refractivity contribution in [1.82, 2.24) is 0 Å². The van der Waals surface area contributed by atoms with Gasteiger partial charge in [0.05, 0.1) is 46.2 Å². The van der Waals surface area contributed by atoms with Crippen LogP contribution in [0.2, 0.25) is 0 Å². The lowest BCUT2D eigenvalue weighted by Crippen LogP contribution is -2.30. The minimum atomic E-state index is -0.340.